The molecule has 0 radical (unpaired) electrons. The average Bonchev–Trinajstić information content (AvgIpc) is 3.74. The molecule has 17 nitrogen and oxygen atoms in total. The van der Waals surface area contributed by atoms with Crippen LogP contribution in [-0.4, -0.2) is 140 Å². The number of cyclic esters (lactones) is 1. The van der Waals surface area contributed by atoms with Crippen molar-refractivity contribution >= 4 is 29.1 Å². The van der Waals surface area contributed by atoms with Crippen LogP contribution in [0.2, 0.25) is 0 Å². The molecule has 17 heteroatoms. The first kappa shape index (κ1) is 47.1. The molecule has 2 aromatic heterocycles. The Labute approximate surface area is 352 Å². The van der Waals surface area contributed by atoms with E-state index in [0.717, 1.165) is 5.56 Å². The van der Waals surface area contributed by atoms with Gasteiger partial charge in [-0.2, -0.15) is 5.10 Å². The third-order valence-electron chi connectivity index (χ3n) is 12.1. The molecule has 2 unspecified atom stereocenters. The van der Waals surface area contributed by atoms with Gasteiger partial charge in [0.05, 0.1) is 37.1 Å². The largest absolute Gasteiger partial charge is 0.459 e. The topological polar surface area (TPSA) is 206 Å². The fraction of sp³-hybridized carbons (Fsp3) is 0.698. The summed E-state index contributed by atoms with van der Waals surface area (Å²) in [5.41, 5.74) is -1.84. The van der Waals surface area contributed by atoms with Gasteiger partial charge >= 0.3 is 5.97 Å². The van der Waals surface area contributed by atoms with Crippen molar-refractivity contribution in [2.24, 2.45) is 33.8 Å². The summed E-state index contributed by atoms with van der Waals surface area (Å²) in [6, 6.07) is 5.13. The maximum atomic E-state index is 14.5. The lowest BCUT2D eigenvalue weighted by Crippen LogP contribution is -2.60. The number of carbonyl (C=O) groups excluding carboxylic acids is 3. The number of ether oxygens (including phenoxy) is 5. The van der Waals surface area contributed by atoms with Gasteiger partial charge in [-0.05, 0) is 79.1 Å². The van der Waals surface area contributed by atoms with E-state index in [0.29, 0.717) is 18.0 Å². The van der Waals surface area contributed by atoms with Crippen LogP contribution >= 0.6 is 0 Å². The first-order valence-electron chi connectivity index (χ1n) is 20.9. The number of fused-ring (bicyclic) bond motifs is 5. The van der Waals surface area contributed by atoms with Gasteiger partial charge in [0.25, 0.3) is 0 Å². The minimum Gasteiger partial charge on any atom is -0.459 e. The number of amides is 1. The SMILES string of the molecule is CC[C@H]1OC(=O)[C@H](C)C(=O)[C@H](C)[C@@H](O[C@@H]2O[C@H](C)C[C@H](N(C)C)[C@H]2O)C2(C)C[C@@H](C)C(=NC(C)=O)[C@H](C)C(OC/C(=N\OCc3ccc(-n4cccn4)nc3)CO2)[C@]1(C)O. The van der Waals surface area contributed by atoms with Crippen molar-refractivity contribution < 1.29 is 53.1 Å². The van der Waals surface area contributed by atoms with Crippen molar-refractivity contribution in [3.05, 3.63) is 42.4 Å². The van der Waals surface area contributed by atoms with Gasteiger partial charge in [0.15, 0.2) is 17.9 Å². The number of aliphatic imine (C=N–C) groups is 1. The quantitative estimate of drug-likeness (QED) is 0.221. The normalized spacial score (nSPS) is 37.6. The van der Waals surface area contributed by atoms with Crippen LogP contribution < -0.4 is 0 Å². The van der Waals surface area contributed by atoms with Crippen molar-refractivity contribution in [1.29, 1.82) is 0 Å². The van der Waals surface area contributed by atoms with Gasteiger partial charge in [-0.15, -0.1) is 0 Å². The summed E-state index contributed by atoms with van der Waals surface area (Å²) >= 11 is 0. The maximum Gasteiger partial charge on any atom is 0.316 e. The second kappa shape index (κ2) is 19.8. The highest BCUT2D eigenvalue weighted by atomic mass is 16.7. The number of ketones is 1. The van der Waals surface area contributed by atoms with E-state index in [2.05, 4.69) is 20.2 Å². The fourth-order valence-corrected chi connectivity index (χ4v) is 8.85. The van der Waals surface area contributed by atoms with Gasteiger partial charge in [0.1, 0.15) is 36.0 Å². The summed E-state index contributed by atoms with van der Waals surface area (Å²) in [5.74, 6) is -4.71. The molecule has 5 heterocycles. The van der Waals surface area contributed by atoms with Crippen LogP contribution in [0, 0.1) is 23.7 Å². The van der Waals surface area contributed by atoms with Crippen molar-refractivity contribution in [3.63, 3.8) is 0 Å². The molecule has 0 spiro atoms. The summed E-state index contributed by atoms with van der Waals surface area (Å²) in [7, 11) is 3.73. The van der Waals surface area contributed by atoms with Gasteiger partial charge in [-0.25, -0.2) is 14.7 Å². The first-order chi connectivity index (χ1) is 28.3. The van der Waals surface area contributed by atoms with E-state index in [1.807, 2.05) is 38.9 Å². The zero-order valence-corrected chi connectivity index (χ0v) is 36.8. The number of rotatable bonds is 8. The fourth-order valence-electron chi connectivity index (χ4n) is 8.85. The second-order valence-corrected chi connectivity index (χ2v) is 17.3. The molecule has 5 rings (SSSR count). The van der Waals surface area contributed by atoms with Crippen LogP contribution in [0.15, 0.2) is 46.9 Å². The molecule has 2 N–H and O–H groups in total. The van der Waals surface area contributed by atoms with Gasteiger partial charge in [0.2, 0.25) is 5.91 Å². The van der Waals surface area contributed by atoms with Crippen LogP contribution in [0.4, 0.5) is 0 Å². The summed E-state index contributed by atoms with van der Waals surface area (Å²) in [5, 5.41) is 32.8. The second-order valence-electron chi connectivity index (χ2n) is 17.3. The highest BCUT2D eigenvalue weighted by molar-refractivity contribution is 6.00. The van der Waals surface area contributed by atoms with E-state index >= 15 is 0 Å². The standard InChI is InChI=1S/C43H64N6O11/c1-12-33-43(9,54)39-26(4)35(46-29(7)50)24(2)19-42(8,56-23-31(22-55-39)47-57-21-30-14-15-34(44-20-30)49-17-13-16-45-49)38(27(5)36(51)28(6)40(53)59-33)60-41-37(52)32(48(10)11)18-25(3)58-41/h13-17,20,24-28,32-33,37-39,41,52,54H,12,18-19,21-23H2,1-11H3/b46-35?,47-31+/t24-,25-,26+,27+,28-,32+,33-,37-,38-,39?,41+,42?,43-/m1/s1. The van der Waals surface area contributed by atoms with E-state index in [9.17, 15) is 24.6 Å². The molecule has 2 aromatic rings. The summed E-state index contributed by atoms with van der Waals surface area (Å²) in [4.78, 5) is 58.0. The lowest BCUT2D eigenvalue weighted by molar-refractivity contribution is -0.296. The van der Waals surface area contributed by atoms with E-state index in [-0.39, 0.29) is 50.5 Å². The Balaban J connectivity index is 1.63. The molecule has 3 aliphatic heterocycles. The number of hydrogen-bond acceptors (Lipinski definition) is 15. The van der Waals surface area contributed by atoms with Crippen molar-refractivity contribution in [2.75, 3.05) is 27.3 Å². The Hall–Kier alpha value is -3.97. The van der Waals surface area contributed by atoms with E-state index in [4.69, 9.17) is 28.5 Å². The number of aromatic nitrogens is 3. The van der Waals surface area contributed by atoms with Crippen LogP contribution in [0.3, 0.4) is 0 Å². The highest BCUT2D eigenvalue weighted by Crippen LogP contribution is 2.40. The lowest BCUT2D eigenvalue weighted by Gasteiger charge is -2.47. The molecule has 60 heavy (non-hydrogen) atoms. The van der Waals surface area contributed by atoms with Gasteiger partial charge in [-0.1, -0.05) is 38.9 Å². The zero-order chi connectivity index (χ0) is 44.1. The van der Waals surface area contributed by atoms with Crippen molar-refractivity contribution in [2.45, 2.75) is 142 Å². The number of carbonyl (C=O) groups is 3. The maximum absolute atomic E-state index is 14.5. The minimum atomic E-state index is -1.86. The third-order valence-corrected chi connectivity index (χ3v) is 12.1. The number of likely N-dealkylation sites (N-methyl/N-ethyl adjacent to an activating group) is 1. The minimum absolute atomic E-state index is 0.0440. The van der Waals surface area contributed by atoms with Gasteiger partial charge in [-0.3, -0.25) is 14.4 Å². The zero-order valence-electron chi connectivity index (χ0n) is 36.8. The average molecular weight is 841 g/mol. The Morgan fingerprint density at radius 1 is 1.10 bits per heavy atom. The molecule has 0 aromatic carbocycles. The number of oxime groups is 1. The van der Waals surface area contributed by atoms with Crippen LogP contribution in [0.1, 0.15) is 87.1 Å². The van der Waals surface area contributed by atoms with E-state index < -0.39 is 83.2 Å². The first-order valence-corrected chi connectivity index (χ1v) is 20.9. The van der Waals surface area contributed by atoms with Gasteiger partial charge < -0.3 is 43.6 Å². The number of aliphatic hydroxyl groups excluding tert-OH is 1. The van der Waals surface area contributed by atoms with Crippen LogP contribution in [-0.2, 0) is 49.5 Å². The molecule has 0 aliphatic carbocycles. The summed E-state index contributed by atoms with van der Waals surface area (Å²) < 4.78 is 34.1. The number of nitrogens with zero attached hydrogens (tertiary/aromatic N) is 6. The highest BCUT2D eigenvalue weighted by Gasteiger charge is 2.53. The molecular weight excluding hydrogens is 777 g/mol. The summed E-state index contributed by atoms with van der Waals surface area (Å²) in [6.07, 6.45) is -0.0360. The molecule has 3 fully saturated rings. The molecular formula is C43H64N6O11. The monoisotopic (exact) mass is 840 g/mol. The van der Waals surface area contributed by atoms with Crippen molar-refractivity contribution in [3.8, 4) is 5.82 Å². The van der Waals surface area contributed by atoms with Crippen LogP contribution in [0.5, 0.6) is 0 Å². The number of pyridine rings is 1. The predicted octanol–water partition coefficient (Wildman–Crippen LogP) is 3.70. The molecule has 2 bridgehead atoms. The van der Waals surface area contributed by atoms with Crippen molar-refractivity contribution in [1.82, 2.24) is 19.7 Å². The number of esters is 1. The summed E-state index contributed by atoms with van der Waals surface area (Å²) in [6.45, 7) is 14.7. The van der Waals surface area contributed by atoms with E-state index in [1.165, 1.54) is 20.8 Å². The Bertz CT molecular complexity index is 1840. The molecule has 3 aliphatic rings. The van der Waals surface area contributed by atoms with E-state index in [1.54, 1.807) is 63.1 Å². The molecule has 1 amide bonds. The Morgan fingerprint density at radius 2 is 1.83 bits per heavy atom. The molecule has 0 saturated carbocycles. The third kappa shape index (κ3) is 10.7. The predicted molar refractivity (Wildman–Crippen MR) is 220 cm³/mol. The number of hydrogen-bond donors (Lipinski definition) is 2. The Morgan fingerprint density at radius 3 is 2.45 bits per heavy atom. The van der Waals surface area contributed by atoms with Crippen LogP contribution in [0.25, 0.3) is 5.82 Å². The number of aliphatic hydroxyl groups is 2. The molecule has 13 atom stereocenters. The lowest BCUT2D eigenvalue weighted by atomic mass is 9.73. The smallest absolute Gasteiger partial charge is 0.316 e. The molecule has 3 saturated heterocycles. The van der Waals surface area contributed by atoms with Gasteiger partial charge in [0, 0.05) is 54.7 Å². The Kier molecular flexibility index (Phi) is 15.6. The molecule has 332 valence electrons. The number of Topliss-reactive ketones (excluding diaryl/α,β-unsaturated/α-hetero) is 1.